The average Bonchev–Trinajstić information content (AvgIpc) is 2.87. The van der Waals surface area contributed by atoms with E-state index in [0.29, 0.717) is 42.4 Å². The van der Waals surface area contributed by atoms with Gasteiger partial charge in [-0.3, -0.25) is 9.59 Å². The summed E-state index contributed by atoms with van der Waals surface area (Å²) >= 11 is 0. The van der Waals surface area contributed by atoms with Gasteiger partial charge in [-0.2, -0.15) is 0 Å². The van der Waals surface area contributed by atoms with Crippen molar-refractivity contribution in [2.75, 3.05) is 6.54 Å². The van der Waals surface area contributed by atoms with E-state index in [9.17, 15) is 9.59 Å². The maximum absolute atomic E-state index is 12.8. The van der Waals surface area contributed by atoms with Crippen LogP contribution in [-0.2, 0) is 17.6 Å². The van der Waals surface area contributed by atoms with Crippen molar-refractivity contribution in [2.24, 2.45) is 0 Å². The van der Waals surface area contributed by atoms with Gasteiger partial charge in [0.2, 0.25) is 0 Å². The number of hydrogen-bond donors (Lipinski definition) is 2. The van der Waals surface area contributed by atoms with Crippen LogP contribution in [0.15, 0.2) is 72.8 Å². The molecule has 2 N–H and O–H groups in total. The summed E-state index contributed by atoms with van der Waals surface area (Å²) in [5.41, 5.74) is 6.88. The zero-order valence-electron chi connectivity index (χ0n) is 19.8. The molecule has 6 heteroatoms. The molecule has 0 aliphatic rings. The summed E-state index contributed by atoms with van der Waals surface area (Å²) in [7, 11) is 0. The topological polar surface area (TPSA) is 92.2 Å². The fourth-order valence-corrected chi connectivity index (χ4v) is 3.98. The van der Waals surface area contributed by atoms with Gasteiger partial charge in [-0.15, -0.1) is 0 Å². The molecule has 0 saturated carbocycles. The Labute approximate surface area is 205 Å². The highest BCUT2D eigenvalue weighted by Crippen LogP contribution is 2.25. The predicted molar refractivity (Wildman–Crippen MR) is 137 cm³/mol. The zero-order chi connectivity index (χ0) is 24.6. The monoisotopic (exact) mass is 467 g/mol. The standard InChI is InChI=1S/C29H29N3O3/c1-20-11-13-21(14-12-20)17-18-30-29(35)23-15-16-24-26(19-23)31-25(9-5-6-10-27(33)34)28(32-24)22-7-3-2-4-8-22/h2-4,7-8,11-16,19H,5-6,9-10,17-18H2,1H3,(H,30,35)(H,33,34). The molecule has 1 amide bonds. The number of aryl methyl sites for hydroxylation is 2. The van der Waals surface area contributed by atoms with Crippen LogP contribution in [0.5, 0.6) is 0 Å². The Balaban J connectivity index is 1.52. The molecule has 178 valence electrons. The van der Waals surface area contributed by atoms with Crippen LogP contribution in [0.1, 0.15) is 46.4 Å². The maximum atomic E-state index is 12.8. The van der Waals surface area contributed by atoms with Crippen molar-refractivity contribution >= 4 is 22.9 Å². The third-order valence-corrected chi connectivity index (χ3v) is 5.92. The minimum atomic E-state index is -0.795. The number of carboxylic acid groups (broad SMARTS) is 1. The Morgan fingerprint density at radius 2 is 1.63 bits per heavy atom. The lowest BCUT2D eigenvalue weighted by molar-refractivity contribution is -0.137. The largest absolute Gasteiger partial charge is 0.481 e. The van der Waals surface area contributed by atoms with E-state index in [1.54, 1.807) is 12.1 Å². The first-order valence-electron chi connectivity index (χ1n) is 11.9. The summed E-state index contributed by atoms with van der Waals surface area (Å²) in [6, 6.07) is 23.5. The van der Waals surface area contributed by atoms with Gasteiger partial charge in [-0.05, 0) is 56.4 Å². The molecular formula is C29H29N3O3. The lowest BCUT2D eigenvalue weighted by atomic mass is 10.0. The van der Waals surface area contributed by atoms with Crippen LogP contribution in [0.3, 0.4) is 0 Å². The second kappa shape index (κ2) is 11.4. The minimum Gasteiger partial charge on any atom is -0.481 e. The second-order valence-electron chi connectivity index (χ2n) is 8.68. The fourth-order valence-electron chi connectivity index (χ4n) is 3.98. The molecule has 0 aliphatic heterocycles. The summed E-state index contributed by atoms with van der Waals surface area (Å²) in [4.78, 5) is 33.4. The van der Waals surface area contributed by atoms with Gasteiger partial charge in [0, 0.05) is 24.1 Å². The predicted octanol–water partition coefficient (Wildman–Crippen LogP) is 5.38. The van der Waals surface area contributed by atoms with Crippen molar-refractivity contribution in [1.29, 1.82) is 0 Å². The van der Waals surface area contributed by atoms with Crippen LogP contribution in [0, 0.1) is 6.92 Å². The number of hydrogen-bond acceptors (Lipinski definition) is 4. The normalized spacial score (nSPS) is 10.9. The third kappa shape index (κ3) is 6.51. The van der Waals surface area contributed by atoms with Crippen LogP contribution in [0.2, 0.25) is 0 Å². The van der Waals surface area contributed by atoms with Crippen LogP contribution in [-0.4, -0.2) is 33.5 Å². The van der Waals surface area contributed by atoms with Gasteiger partial charge in [-0.25, -0.2) is 9.97 Å². The number of nitrogens with one attached hydrogen (secondary N) is 1. The molecule has 1 heterocycles. The van der Waals surface area contributed by atoms with E-state index in [1.807, 2.05) is 36.4 Å². The van der Waals surface area contributed by atoms with E-state index in [1.165, 1.54) is 11.1 Å². The quantitative estimate of drug-likeness (QED) is 0.306. The molecule has 35 heavy (non-hydrogen) atoms. The number of amides is 1. The molecule has 0 aliphatic carbocycles. The van der Waals surface area contributed by atoms with E-state index >= 15 is 0 Å². The fraction of sp³-hybridized carbons (Fsp3) is 0.241. The third-order valence-electron chi connectivity index (χ3n) is 5.92. The first-order chi connectivity index (χ1) is 17.0. The highest BCUT2D eigenvalue weighted by molar-refractivity contribution is 5.97. The number of fused-ring (bicyclic) bond motifs is 1. The number of aromatic nitrogens is 2. The van der Waals surface area contributed by atoms with Gasteiger partial charge in [0.1, 0.15) is 0 Å². The van der Waals surface area contributed by atoms with E-state index in [0.717, 1.165) is 23.4 Å². The highest BCUT2D eigenvalue weighted by atomic mass is 16.4. The summed E-state index contributed by atoms with van der Waals surface area (Å²) in [5, 5.41) is 11.9. The van der Waals surface area contributed by atoms with E-state index in [2.05, 4.69) is 36.5 Å². The van der Waals surface area contributed by atoms with E-state index < -0.39 is 5.97 Å². The Kier molecular flexibility index (Phi) is 7.83. The molecule has 0 fully saturated rings. The Bertz CT molecular complexity index is 1320. The van der Waals surface area contributed by atoms with Crippen molar-refractivity contribution in [1.82, 2.24) is 15.3 Å². The van der Waals surface area contributed by atoms with Crippen molar-refractivity contribution in [3.63, 3.8) is 0 Å². The van der Waals surface area contributed by atoms with E-state index in [4.69, 9.17) is 15.1 Å². The molecule has 0 radical (unpaired) electrons. The smallest absolute Gasteiger partial charge is 0.303 e. The van der Waals surface area contributed by atoms with Crippen LogP contribution >= 0.6 is 0 Å². The lowest BCUT2D eigenvalue weighted by Gasteiger charge is -2.11. The number of carboxylic acids is 1. The van der Waals surface area contributed by atoms with Gasteiger partial charge in [0.15, 0.2) is 0 Å². The van der Waals surface area contributed by atoms with Crippen molar-refractivity contribution in [3.05, 3.63) is 95.2 Å². The van der Waals surface area contributed by atoms with Crippen molar-refractivity contribution in [2.45, 2.75) is 39.0 Å². The molecule has 6 nitrogen and oxygen atoms in total. The SMILES string of the molecule is Cc1ccc(CCNC(=O)c2ccc3nc(-c4ccccc4)c(CCCCC(=O)O)nc3c2)cc1. The molecule has 0 spiro atoms. The van der Waals surface area contributed by atoms with Crippen LogP contribution in [0.4, 0.5) is 0 Å². The van der Waals surface area contributed by atoms with Crippen molar-refractivity contribution in [3.8, 4) is 11.3 Å². The van der Waals surface area contributed by atoms with Crippen LogP contribution < -0.4 is 5.32 Å². The van der Waals surface area contributed by atoms with Gasteiger partial charge < -0.3 is 10.4 Å². The molecule has 4 aromatic rings. The molecule has 0 atom stereocenters. The Hall–Kier alpha value is -4.06. The first kappa shape index (κ1) is 24.1. The lowest BCUT2D eigenvalue weighted by Crippen LogP contribution is -2.25. The van der Waals surface area contributed by atoms with Gasteiger partial charge in [-0.1, -0.05) is 60.2 Å². The van der Waals surface area contributed by atoms with Gasteiger partial charge >= 0.3 is 5.97 Å². The second-order valence-corrected chi connectivity index (χ2v) is 8.68. The number of aliphatic carboxylic acids is 1. The Morgan fingerprint density at radius 1 is 0.857 bits per heavy atom. The summed E-state index contributed by atoms with van der Waals surface area (Å²) in [5.74, 6) is -0.938. The zero-order valence-corrected chi connectivity index (χ0v) is 19.8. The molecular weight excluding hydrogens is 438 g/mol. The molecule has 0 unspecified atom stereocenters. The summed E-state index contributed by atoms with van der Waals surface area (Å²) < 4.78 is 0. The maximum Gasteiger partial charge on any atom is 0.303 e. The number of carbonyl (C=O) groups excluding carboxylic acids is 1. The number of unbranched alkanes of at least 4 members (excludes halogenated alkanes) is 1. The van der Waals surface area contributed by atoms with Crippen LogP contribution in [0.25, 0.3) is 22.3 Å². The number of benzene rings is 3. The van der Waals surface area contributed by atoms with Gasteiger partial charge in [0.25, 0.3) is 5.91 Å². The molecule has 0 bridgehead atoms. The molecule has 4 rings (SSSR count). The average molecular weight is 468 g/mol. The van der Waals surface area contributed by atoms with Crippen molar-refractivity contribution < 1.29 is 14.7 Å². The number of carbonyl (C=O) groups is 2. The number of nitrogens with zero attached hydrogens (tertiary/aromatic N) is 2. The molecule has 3 aromatic carbocycles. The highest BCUT2D eigenvalue weighted by Gasteiger charge is 2.13. The van der Waals surface area contributed by atoms with Gasteiger partial charge in [0.05, 0.1) is 22.4 Å². The molecule has 1 aromatic heterocycles. The molecule has 0 saturated heterocycles. The first-order valence-corrected chi connectivity index (χ1v) is 11.9. The minimum absolute atomic E-state index is 0.134. The summed E-state index contributed by atoms with van der Waals surface area (Å²) in [6.45, 7) is 2.60. The Morgan fingerprint density at radius 3 is 2.37 bits per heavy atom. The summed E-state index contributed by atoms with van der Waals surface area (Å²) in [6.07, 6.45) is 2.79. The van der Waals surface area contributed by atoms with E-state index in [-0.39, 0.29) is 12.3 Å². The number of rotatable bonds is 10.